The maximum Gasteiger partial charge on any atom is 0.338 e. The molecule has 0 spiro atoms. The smallest absolute Gasteiger partial charge is 0.338 e. The van der Waals surface area contributed by atoms with Gasteiger partial charge in [-0.2, -0.15) is 0 Å². The van der Waals surface area contributed by atoms with Crippen LogP contribution >= 0.6 is 11.3 Å². The number of ether oxygens (including phenoxy) is 1. The van der Waals surface area contributed by atoms with Gasteiger partial charge in [0.25, 0.3) is 5.56 Å². The number of rotatable bonds is 8. The number of nitrogens with zero attached hydrogens (tertiary/aromatic N) is 3. The summed E-state index contributed by atoms with van der Waals surface area (Å²) in [7, 11) is 0. The predicted octanol–water partition coefficient (Wildman–Crippen LogP) is 4.31. The number of hydrogen-bond donors (Lipinski definition) is 0. The van der Waals surface area contributed by atoms with Crippen molar-refractivity contribution in [2.45, 2.75) is 33.7 Å². The Bertz CT molecular complexity index is 1460. The van der Waals surface area contributed by atoms with Crippen LogP contribution in [0.15, 0.2) is 81.7 Å². The van der Waals surface area contributed by atoms with Crippen LogP contribution in [0, 0.1) is 0 Å². The van der Waals surface area contributed by atoms with Gasteiger partial charge in [-0.05, 0) is 57.0 Å². The highest BCUT2D eigenvalue weighted by Crippen LogP contribution is 2.26. The standard InChI is InChI=1S/C29H31N3O3S/c1-5-31(6-2)23-16-13-22(14-17-23)19-25-27(33)32-24(18-15-21-11-9-8-10-12-21)26(28(34)35-7-3)20(4)30-29(32)36-25/h8-19,24H,5-7H2,1-4H3/b18-15+,25-19+/t24-/m1/s1. The summed E-state index contributed by atoms with van der Waals surface area (Å²) in [4.78, 5) is 34.0. The molecule has 0 fully saturated rings. The number of fused-ring (bicyclic) bond motifs is 1. The second-order valence-corrected chi connectivity index (χ2v) is 9.39. The third-order valence-electron chi connectivity index (χ3n) is 6.15. The summed E-state index contributed by atoms with van der Waals surface area (Å²) >= 11 is 1.33. The largest absolute Gasteiger partial charge is 0.463 e. The molecule has 0 amide bonds. The minimum absolute atomic E-state index is 0.177. The lowest BCUT2D eigenvalue weighted by Gasteiger charge is -2.21. The zero-order valence-corrected chi connectivity index (χ0v) is 21.9. The van der Waals surface area contributed by atoms with Gasteiger partial charge in [-0.25, -0.2) is 9.79 Å². The van der Waals surface area contributed by atoms with E-state index in [4.69, 9.17) is 4.74 Å². The molecule has 2 heterocycles. The number of carbonyl (C=O) groups excluding carboxylic acids is 1. The lowest BCUT2D eigenvalue weighted by Crippen LogP contribution is -2.38. The second kappa shape index (κ2) is 11.4. The predicted molar refractivity (Wildman–Crippen MR) is 147 cm³/mol. The quantitative estimate of drug-likeness (QED) is 0.432. The van der Waals surface area contributed by atoms with Crippen molar-refractivity contribution in [1.82, 2.24) is 4.57 Å². The fourth-order valence-electron chi connectivity index (χ4n) is 4.30. The van der Waals surface area contributed by atoms with Crippen molar-refractivity contribution in [3.63, 3.8) is 0 Å². The molecule has 0 radical (unpaired) electrons. The maximum absolute atomic E-state index is 13.6. The molecule has 0 bridgehead atoms. The van der Waals surface area contributed by atoms with E-state index in [9.17, 15) is 9.59 Å². The van der Waals surface area contributed by atoms with Gasteiger partial charge in [0.05, 0.1) is 28.5 Å². The van der Waals surface area contributed by atoms with E-state index >= 15 is 0 Å². The number of anilines is 1. The molecule has 0 saturated carbocycles. The zero-order valence-electron chi connectivity index (χ0n) is 21.1. The van der Waals surface area contributed by atoms with Crippen LogP contribution in [-0.2, 0) is 9.53 Å². The third kappa shape index (κ3) is 5.26. The molecular weight excluding hydrogens is 470 g/mol. The highest BCUT2D eigenvalue weighted by Gasteiger charge is 2.30. The molecule has 4 rings (SSSR count). The van der Waals surface area contributed by atoms with Crippen LogP contribution in [0.2, 0.25) is 0 Å². The fourth-order valence-corrected chi connectivity index (χ4v) is 5.36. The summed E-state index contributed by atoms with van der Waals surface area (Å²) in [5, 5.41) is 0. The molecule has 1 aromatic heterocycles. The van der Waals surface area contributed by atoms with Crippen molar-refractivity contribution in [2.24, 2.45) is 4.99 Å². The first-order valence-corrected chi connectivity index (χ1v) is 13.1. The molecule has 0 unspecified atom stereocenters. The van der Waals surface area contributed by atoms with Gasteiger partial charge < -0.3 is 9.64 Å². The van der Waals surface area contributed by atoms with Crippen molar-refractivity contribution >= 4 is 35.1 Å². The van der Waals surface area contributed by atoms with Crippen LogP contribution in [0.4, 0.5) is 5.69 Å². The Hall–Kier alpha value is -3.71. The maximum atomic E-state index is 13.6. The molecule has 3 aromatic rings. The number of thiazole rings is 1. The lowest BCUT2D eigenvalue weighted by atomic mass is 10.0. The minimum atomic E-state index is -0.604. The van der Waals surface area contributed by atoms with Gasteiger partial charge in [0.1, 0.15) is 0 Å². The van der Waals surface area contributed by atoms with Crippen molar-refractivity contribution in [2.75, 3.05) is 24.6 Å². The van der Waals surface area contributed by atoms with E-state index in [1.807, 2.05) is 60.7 Å². The van der Waals surface area contributed by atoms with E-state index in [0.717, 1.165) is 29.9 Å². The highest BCUT2D eigenvalue weighted by atomic mass is 32.1. The number of aromatic nitrogens is 1. The van der Waals surface area contributed by atoms with Crippen LogP contribution in [0.25, 0.3) is 12.2 Å². The molecule has 1 aliphatic rings. The molecular formula is C29H31N3O3S. The van der Waals surface area contributed by atoms with Gasteiger partial charge in [-0.15, -0.1) is 0 Å². The van der Waals surface area contributed by atoms with Crippen LogP contribution in [0.5, 0.6) is 0 Å². The Labute approximate surface area is 215 Å². The van der Waals surface area contributed by atoms with E-state index in [0.29, 0.717) is 20.6 Å². The first kappa shape index (κ1) is 25.4. The molecule has 6 nitrogen and oxygen atoms in total. The molecule has 36 heavy (non-hydrogen) atoms. The van der Waals surface area contributed by atoms with Gasteiger partial charge in [-0.1, -0.05) is 66.0 Å². The molecule has 0 saturated heterocycles. The number of esters is 1. The molecule has 2 aromatic carbocycles. The Morgan fingerprint density at radius 3 is 2.39 bits per heavy atom. The van der Waals surface area contributed by atoms with Crippen LogP contribution in [-0.4, -0.2) is 30.2 Å². The highest BCUT2D eigenvalue weighted by molar-refractivity contribution is 7.07. The summed E-state index contributed by atoms with van der Waals surface area (Å²) in [6.45, 7) is 9.95. The summed E-state index contributed by atoms with van der Waals surface area (Å²) < 4.78 is 7.49. The van der Waals surface area contributed by atoms with Gasteiger partial charge in [-0.3, -0.25) is 9.36 Å². The Morgan fingerprint density at radius 2 is 1.75 bits per heavy atom. The van der Waals surface area contributed by atoms with Crippen molar-refractivity contribution < 1.29 is 9.53 Å². The normalized spacial score (nSPS) is 15.7. The van der Waals surface area contributed by atoms with Crippen molar-refractivity contribution in [3.05, 3.63) is 103 Å². The van der Waals surface area contributed by atoms with Gasteiger partial charge in [0, 0.05) is 18.8 Å². The average molecular weight is 502 g/mol. The molecule has 7 heteroatoms. The average Bonchev–Trinajstić information content (AvgIpc) is 3.19. The van der Waals surface area contributed by atoms with E-state index in [1.54, 1.807) is 18.4 Å². The van der Waals surface area contributed by atoms with Gasteiger partial charge >= 0.3 is 5.97 Å². The number of allylic oxidation sites excluding steroid dienone is 2. The van der Waals surface area contributed by atoms with E-state index in [2.05, 4.69) is 35.9 Å². The molecule has 0 N–H and O–H groups in total. The SMILES string of the molecule is CCOC(=O)C1=C(C)N=c2s/c(=C/c3ccc(N(CC)CC)cc3)c(=O)n2[C@@H]1/C=C/c1ccccc1. The Balaban J connectivity index is 1.79. The Morgan fingerprint density at radius 1 is 1.06 bits per heavy atom. The third-order valence-corrected chi connectivity index (χ3v) is 7.13. The van der Waals surface area contributed by atoms with Crippen LogP contribution < -0.4 is 19.8 Å². The number of hydrogen-bond acceptors (Lipinski definition) is 6. The van der Waals surface area contributed by atoms with E-state index < -0.39 is 12.0 Å². The summed E-state index contributed by atoms with van der Waals surface area (Å²) in [5.41, 5.74) is 3.83. The molecule has 0 aliphatic carbocycles. The summed E-state index contributed by atoms with van der Waals surface area (Å²) in [6.07, 6.45) is 5.68. The number of carbonyl (C=O) groups is 1. The van der Waals surface area contributed by atoms with E-state index in [-0.39, 0.29) is 12.2 Å². The lowest BCUT2D eigenvalue weighted by molar-refractivity contribution is -0.139. The van der Waals surface area contributed by atoms with E-state index in [1.165, 1.54) is 11.3 Å². The van der Waals surface area contributed by atoms with Gasteiger partial charge in [0.2, 0.25) is 0 Å². The second-order valence-electron chi connectivity index (χ2n) is 8.38. The monoisotopic (exact) mass is 501 g/mol. The van der Waals surface area contributed by atoms with Crippen molar-refractivity contribution in [1.29, 1.82) is 0 Å². The van der Waals surface area contributed by atoms with Crippen molar-refractivity contribution in [3.8, 4) is 0 Å². The fraction of sp³-hybridized carbons (Fsp3) is 0.276. The topological polar surface area (TPSA) is 63.9 Å². The summed E-state index contributed by atoms with van der Waals surface area (Å²) in [5.74, 6) is -0.456. The first-order chi connectivity index (χ1) is 17.5. The van der Waals surface area contributed by atoms with Gasteiger partial charge in [0.15, 0.2) is 4.80 Å². The summed E-state index contributed by atoms with van der Waals surface area (Å²) in [6, 6.07) is 17.4. The first-order valence-electron chi connectivity index (χ1n) is 12.2. The number of benzene rings is 2. The zero-order chi connectivity index (χ0) is 25.7. The Kier molecular flexibility index (Phi) is 8.00. The van der Waals surface area contributed by atoms with Crippen LogP contribution in [0.1, 0.15) is 44.9 Å². The minimum Gasteiger partial charge on any atom is -0.463 e. The molecule has 186 valence electrons. The molecule has 1 atom stereocenters. The van der Waals surface area contributed by atoms with Crippen LogP contribution in [0.3, 0.4) is 0 Å². The molecule has 1 aliphatic heterocycles.